The third-order valence-electron chi connectivity index (χ3n) is 3.18. The standard InChI is InChI=1S/C15H20BCl2NO4/c1-9(2)7-14(16(22)23)19-15(21)6-5-13(20)11-8-10(17)3-4-12(11)18/h3-4,8-9,14,22-23H,5-7H2,1-2H3,(H,19,21)/i3D. The Morgan fingerprint density at radius 3 is 2.57 bits per heavy atom. The van der Waals surface area contributed by atoms with Gasteiger partial charge in [-0.1, -0.05) is 37.0 Å². The Morgan fingerprint density at radius 1 is 1.35 bits per heavy atom. The first-order valence-electron chi connectivity index (χ1n) is 7.76. The van der Waals surface area contributed by atoms with Crippen molar-refractivity contribution in [3.8, 4) is 0 Å². The average Bonchev–Trinajstić information content (AvgIpc) is 2.47. The van der Waals surface area contributed by atoms with Crippen LogP contribution in [0.2, 0.25) is 10.0 Å². The molecule has 1 rings (SSSR count). The molecule has 1 amide bonds. The molecule has 0 spiro atoms. The highest BCUT2D eigenvalue weighted by Gasteiger charge is 2.26. The third kappa shape index (κ3) is 6.91. The van der Waals surface area contributed by atoms with E-state index < -0.39 is 19.0 Å². The average molecular weight is 361 g/mol. The molecule has 0 saturated heterocycles. The molecule has 8 heteroatoms. The van der Waals surface area contributed by atoms with Crippen LogP contribution in [0.3, 0.4) is 0 Å². The molecule has 1 unspecified atom stereocenters. The van der Waals surface area contributed by atoms with E-state index in [0.29, 0.717) is 6.42 Å². The smallest absolute Gasteiger partial charge is 0.426 e. The van der Waals surface area contributed by atoms with Crippen LogP contribution >= 0.6 is 23.2 Å². The quantitative estimate of drug-likeness (QED) is 0.491. The second kappa shape index (κ2) is 9.28. The molecule has 0 fully saturated rings. The fourth-order valence-corrected chi connectivity index (χ4v) is 2.44. The van der Waals surface area contributed by atoms with E-state index in [1.54, 1.807) is 0 Å². The molecule has 0 heterocycles. The van der Waals surface area contributed by atoms with Gasteiger partial charge in [-0.2, -0.15) is 0 Å². The number of hydrogen-bond acceptors (Lipinski definition) is 4. The number of Topliss-reactive ketones (excluding diaryl/α,β-unsaturated/α-hetero) is 1. The first-order chi connectivity index (χ1) is 11.1. The monoisotopic (exact) mass is 360 g/mol. The molecule has 0 saturated carbocycles. The summed E-state index contributed by atoms with van der Waals surface area (Å²) in [5, 5.41) is 21.3. The number of carbonyl (C=O) groups is 2. The Hall–Kier alpha value is -1.08. The van der Waals surface area contributed by atoms with Crippen LogP contribution in [0, 0.1) is 5.92 Å². The Bertz CT molecular complexity index is 613. The van der Waals surface area contributed by atoms with E-state index in [1.165, 1.54) is 12.1 Å². The first kappa shape index (κ1) is 18.3. The largest absolute Gasteiger partial charge is 0.475 e. The van der Waals surface area contributed by atoms with Crippen LogP contribution in [0.5, 0.6) is 0 Å². The van der Waals surface area contributed by atoms with Crippen molar-refractivity contribution in [2.24, 2.45) is 5.92 Å². The van der Waals surface area contributed by atoms with Gasteiger partial charge in [-0.25, -0.2) is 0 Å². The summed E-state index contributed by atoms with van der Waals surface area (Å²) in [4.78, 5) is 24.1. The number of hydrogen-bond donors (Lipinski definition) is 3. The molecule has 0 aromatic heterocycles. The fourth-order valence-electron chi connectivity index (χ4n) is 2.06. The molecular formula is C15H20BCl2NO4. The van der Waals surface area contributed by atoms with Crippen molar-refractivity contribution >= 4 is 42.0 Å². The van der Waals surface area contributed by atoms with Crippen molar-refractivity contribution in [1.29, 1.82) is 0 Å². The minimum atomic E-state index is -1.66. The van der Waals surface area contributed by atoms with Gasteiger partial charge in [0.1, 0.15) is 0 Å². The highest BCUT2D eigenvalue weighted by atomic mass is 35.5. The van der Waals surface area contributed by atoms with Gasteiger partial charge in [0.25, 0.3) is 0 Å². The van der Waals surface area contributed by atoms with Gasteiger partial charge in [0, 0.05) is 23.4 Å². The molecule has 0 aliphatic heterocycles. The maximum Gasteiger partial charge on any atom is 0.475 e. The summed E-state index contributed by atoms with van der Waals surface area (Å²) in [6, 6.07) is 2.60. The molecule has 1 aromatic rings. The lowest BCUT2D eigenvalue weighted by molar-refractivity contribution is -0.121. The van der Waals surface area contributed by atoms with Crippen LogP contribution in [0.1, 0.15) is 44.8 Å². The van der Waals surface area contributed by atoms with Gasteiger partial charge in [0.2, 0.25) is 5.91 Å². The summed E-state index contributed by atoms with van der Waals surface area (Å²) >= 11 is 11.7. The number of benzene rings is 1. The number of nitrogens with one attached hydrogen (secondary N) is 1. The van der Waals surface area contributed by atoms with E-state index in [9.17, 15) is 19.6 Å². The maximum atomic E-state index is 12.1. The zero-order chi connectivity index (χ0) is 18.4. The van der Waals surface area contributed by atoms with Crippen molar-refractivity contribution in [3.63, 3.8) is 0 Å². The SMILES string of the molecule is [2H]c1cc(Cl)c(C(=O)CCC(=O)NC(CC(C)C)B(O)O)cc1Cl. The van der Waals surface area contributed by atoms with Crippen molar-refractivity contribution in [2.75, 3.05) is 0 Å². The van der Waals surface area contributed by atoms with Gasteiger partial charge in [-0.15, -0.1) is 0 Å². The van der Waals surface area contributed by atoms with Crippen LogP contribution in [-0.2, 0) is 4.79 Å². The van der Waals surface area contributed by atoms with E-state index in [4.69, 9.17) is 24.6 Å². The van der Waals surface area contributed by atoms with E-state index in [1.807, 2.05) is 13.8 Å². The number of carbonyl (C=O) groups excluding carboxylic acids is 2. The minimum Gasteiger partial charge on any atom is -0.426 e. The first-order valence-corrected chi connectivity index (χ1v) is 8.01. The molecule has 3 N–H and O–H groups in total. The molecule has 23 heavy (non-hydrogen) atoms. The van der Waals surface area contributed by atoms with Gasteiger partial charge in [-0.05, 0) is 30.5 Å². The van der Waals surface area contributed by atoms with Gasteiger partial charge < -0.3 is 15.4 Å². The minimum absolute atomic E-state index is 0.0180. The molecule has 126 valence electrons. The summed E-state index contributed by atoms with van der Waals surface area (Å²) in [7, 11) is -1.66. The number of rotatable bonds is 8. The van der Waals surface area contributed by atoms with E-state index >= 15 is 0 Å². The second-order valence-electron chi connectivity index (χ2n) is 5.68. The molecule has 1 atom stereocenters. The molecule has 0 radical (unpaired) electrons. The fraction of sp³-hybridized carbons (Fsp3) is 0.467. The molecule has 5 nitrogen and oxygen atoms in total. The molecular weight excluding hydrogens is 340 g/mol. The summed E-state index contributed by atoms with van der Waals surface area (Å²) in [6.45, 7) is 3.79. The van der Waals surface area contributed by atoms with E-state index in [0.717, 1.165) is 0 Å². The van der Waals surface area contributed by atoms with E-state index in [-0.39, 0.29) is 46.2 Å². The van der Waals surface area contributed by atoms with Crippen molar-refractivity contribution in [1.82, 2.24) is 5.32 Å². The lowest BCUT2D eigenvalue weighted by atomic mass is 9.75. The number of amides is 1. The van der Waals surface area contributed by atoms with Crippen molar-refractivity contribution in [2.45, 2.75) is 39.1 Å². The Kier molecular flexibility index (Phi) is 7.37. The molecule has 1 aromatic carbocycles. The number of halogens is 2. The van der Waals surface area contributed by atoms with Gasteiger partial charge in [0.15, 0.2) is 5.78 Å². The van der Waals surface area contributed by atoms with Crippen LogP contribution in [0.15, 0.2) is 18.2 Å². The highest BCUT2D eigenvalue weighted by Crippen LogP contribution is 2.22. The van der Waals surface area contributed by atoms with Gasteiger partial charge >= 0.3 is 7.12 Å². The lowest BCUT2D eigenvalue weighted by Gasteiger charge is -2.19. The topological polar surface area (TPSA) is 86.6 Å². The number of ketones is 1. The van der Waals surface area contributed by atoms with Gasteiger partial charge in [-0.3, -0.25) is 9.59 Å². The zero-order valence-electron chi connectivity index (χ0n) is 14.0. The van der Waals surface area contributed by atoms with Gasteiger partial charge in [0.05, 0.1) is 12.3 Å². The lowest BCUT2D eigenvalue weighted by Crippen LogP contribution is -2.47. The van der Waals surface area contributed by atoms with Crippen LogP contribution < -0.4 is 5.32 Å². The van der Waals surface area contributed by atoms with Crippen LogP contribution in [-0.4, -0.2) is 34.8 Å². The van der Waals surface area contributed by atoms with Crippen LogP contribution in [0.25, 0.3) is 0 Å². The third-order valence-corrected chi connectivity index (χ3v) is 3.71. The summed E-state index contributed by atoms with van der Waals surface area (Å²) in [6.07, 6.45) is 0.190. The predicted molar refractivity (Wildman–Crippen MR) is 91.6 cm³/mol. The summed E-state index contributed by atoms with van der Waals surface area (Å²) in [5.41, 5.74) is 0.159. The van der Waals surface area contributed by atoms with Crippen LogP contribution in [0.4, 0.5) is 0 Å². The summed E-state index contributed by atoms with van der Waals surface area (Å²) < 4.78 is 7.50. The Morgan fingerprint density at radius 2 is 2.00 bits per heavy atom. The Labute approximate surface area is 147 Å². The highest BCUT2D eigenvalue weighted by molar-refractivity contribution is 6.43. The van der Waals surface area contributed by atoms with Crippen molar-refractivity contribution in [3.05, 3.63) is 33.8 Å². The van der Waals surface area contributed by atoms with E-state index in [2.05, 4.69) is 5.32 Å². The maximum absolute atomic E-state index is 12.1. The zero-order valence-corrected chi connectivity index (χ0v) is 14.5. The normalized spacial score (nSPS) is 12.7. The molecule has 0 aliphatic carbocycles. The molecule has 0 bridgehead atoms. The predicted octanol–water partition coefficient (Wildman–Crippen LogP) is 2.50. The summed E-state index contributed by atoms with van der Waals surface area (Å²) in [5.74, 6) is -1.44. The Balaban J connectivity index is 2.63. The van der Waals surface area contributed by atoms with Crippen molar-refractivity contribution < 1.29 is 21.0 Å². The second-order valence-corrected chi connectivity index (χ2v) is 6.50. The molecule has 0 aliphatic rings.